The van der Waals surface area contributed by atoms with E-state index in [0.29, 0.717) is 24.4 Å². The van der Waals surface area contributed by atoms with E-state index >= 15 is 0 Å². The number of methoxy groups -OCH3 is 3. The van der Waals surface area contributed by atoms with Gasteiger partial charge in [-0.05, 0) is 17.7 Å². The Morgan fingerprint density at radius 1 is 1.27 bits per heavy atom. The molecule has 0 bridgehead atoms. The molecule has 0 radical (unpaired) electrons. The number of esters is 2. The quantitative estimate of drug-likeness (QED) is 0.678. The number of carbonyl (C=O) groups is 3. The van der Waals surface area contributed by atoms with E-state index in [9.17, 15) is 14.4 Å². The van der Waals surface area contributed by atoms with Crippen molar-refractivity contribution in [3.63, 3.8) is 0 Å². The molecule has 30 heavy (non-hydrogen) atoms. The predicted molar refractivity (Wildman–Crippen MR) is 105 cm³/mol. The van der Waals surface area contributed by atoms with Crippen LogP contribution in [0.1, 0.15) is 29.4 Å². The zero-order valence-electron chi connectivity index (χ0n) is 17.0. The Labute approximate surface area is 173 Å². The molecule has 2 aromatic rings. The summed E-state index contributed by atoms with van der Waals surface area (Å²) in [5, 5.41) is 2.60. The predicted octanol–water partition coefficient (Wildman–Crippen LogP) is 1.18. The molecule has 2 atom stereocenters. The number of nitrogens with one attached hydrogen (secondary N) is 2. The molecule has 2 N–H and O–H groups in total. The molecule has 1 aromatic heterocycles. The maximum atomic E-state index is 13.2. The number of nitrogens with zero attached hydrogens (tertiary/aromatic N) is 2. The molecule has 160 valence electrons. The van der Waals surface area contributed by atoms with Crippen LogP contribution in [0.3, 0.4) is 0 Å². The smallest absolute Gasteiger partial charge is 0.329 e. The largest absolute Gasteiger partial charge is 0.497 e. The van der Waals surface area contributed by atoms with Crippen LogP contribution in [0.2, 0.25) is 0 Å². The van der Waals surface area contributed by atoms with Gasteiger partial charge in [0.2, 0.25) is 0 Å². The zero-order chi connectivity index (χ0) is 21.7. The van der Waals surface area contributed by atoms with E-state index in [4.69, 9.17) is 9.47 Å². The number of hydrogen-bond donors (Lipinski definition) is 2. The lowest BCUT2D eigenvalue weighted by Crippen LogP contribution is -2.52. The molecule has 3 rings (SSSR count). The first-order valence-corrected chi connectivity index (χ1v) is 9.36. The van der Waals surface area contributed by atoms with E-state index in [2.05, 4.69) is 20.0 Å². The van der Waals surface area contributed by atoms with Gasteiger partial charge in [0.05, 0.1) is 39.8 Å². The summed E-state index contributed by atoms with van der Waals surface area (Å²) in [5.74, 6) is -0.721. The van der Waals surface area contributed by atoms with Crippen molar-refractivity contribution in [3.05, 3.63) is 47.5 Å². The van der Waals surface area contributed by atoms with Gasteiger partial charge in [-0.2, -0.15) is 0 Å². The number of H-pyrrole nitrogens is 1. The summed E-state index contributed by atoms with van der Waals surface area (Å²) in [7, 11) is 3.97. The highest BCUT2D eigenvalue weighted by Crippen LogP contribution is 2.34. The highest BCUT2D eigenvalue weighted by atomic mass is 16.5. The Hall–Kier alpha value is -3.56. The molecular weight excluding hydrogens is 392 g/mol. The number of rotatable bonds is 6. The number of aromatic amines is 1. The highest BCUT2D eigenvalue weighted by Gasteiger charge is 2.36. The lowest BCUT2D eigenvalue weighted by molar-refractivity contribution is -0.149. The summed E-state index contributed by atoms with van der Waals surface area (Å²) in [6.07, 6.45) is 1.83. The number of benzene rings is 1. The Kier molecular flexibility index (Phi) is 6.55. The molecule has 10 heteroatoms. The van der Waals surface area contributed by atoms with Gasteiger partial charge in [-0.1, -0.05) is 12.1 Å². The van der Waals surface area contributed by atoms with Gasteiger partial charge in [0.1, 0.15) is 17.8 Å². The number of ether oxygens (including phenoxy) is 3. The van der Waals surface area contributed by atoms with Crippen molar-refractivity contribution in [2.24, 2.45) is 0 Å². The van der Waals surface area contributed by atoms with Gasteiger partial charge in [0.25, 0.3) is 0 Å². The summed E-state index contributed by atoms with van der Waals surface area (Å²) in [5.41, 5.74) is 2.46. The summed E-state index contributed by atoms with van der Waals surface area (Å²) in [6.45, 7) is 0.384. The Balaban J connectivity index is 1.90. The van der Waals surface area contributed by atoms with Crippen LogP contribution in [0.25, 0.3) is 0 Å². The van der Waals surface area contributed by atoms with Crippen LogP contribution in [-0.4, -0.2) is 66.8 Å². The highest BCUT2D eigenvalue weighted by molar-refractivity contribution is 5.87. The first-order valence-electron chi connectivity index (χ1n) is 9.36. The van der Waals surface area contributed by atoms with Crippen molar-refractivity contribution in [2.75, 3.05) is 27.9 Å². The van der Waals surface area contributed by atoms with Gasteiger partial charge >= 0.3 is 18.0 Å². The van der Waals surface area contributed by atoms with E-state index in [0.717, 1.165) is 11.3 Å². The molecule has 2 heterocycles. The van der Waals surface area contributed by atoms with Crippen LogP contribution in [0.15, 0.2) is 30.6 Å². The third-order valence-corrected chi connectivity index (χ3v) is 4.98. The normalized spacial score (nSPS) is 16.2. The Morgan fingerprint density at radius 2 is 2.07 bits per heavy atom. The molecule has 0 saturated heterocycles. The van der Waals surface area contributed by atoms with Crippen molar-refractivity contribution in [1.29, 1.82) is 0 Å². The van der Waals surface area contributed by atoms with Gasteiger partial charge in [-0.15, -0.1) is 0 Å². The topological polar surface area (TPSA) is 123 Å². The van der Waals surface area contributed by atoms with E-state index in [1.165, 1.54) is 14.2 Å². The number of amides is 2. The van der Waals surface area contributed by atoms with Gasteiger partial charge in [-0.25, -0.2) is 14.6 Å². The summed E-state index contributed by atoms with van der Waals surface area (Å²) in [6, 6.07) is 5.18. The van der Waals surface area contributed by atoms with Crippen LogP contribution >= 0.6 is 0 Å². The van der Waals surface area contributed by atoms with Gasteiger partial charge in [-0.3, -0.25) is 4.79 Å². The van der Waals surface area contributed by atoms with Crippen molar-refractivity contribution < 1.29 is 28.6 Å². The molecule has 0 spiro atoms. The minimum absolute atomic E-state index is 0.333. The molecule has 1 aliphatic rings. The average Bonchev–Trinajstić information content (AvgIpc) is 3.26. The molecule has 0 fully saturated rings. The SMILES string of the molecule is COC(=O)CC(NC(=O)N1CCc2[nH]cnc2C1c1cccc(OC)c1)C(=O)OC. The second-order valence-corrected chi connectivity index (χ2v) is 6.69. The number of carbonyl (C=O) groups excluding carboxylic acids is 3. The van der Waals surface area contributed by atoms with Crippen LogP contribution in [-0.2, 0) is 25.5 Å². The molecule has 0 aliphatic carbocycles. The van der Waals surface area contributed by atoms with Gasteiger partial charge in [0.15, 0.2) is 0 Å². The minimum atomic E-state index is -1.17. The van der Waals surface area contributed by atoms with Crippen molar-refractivity contribution in [1.82, 2.24) is 20.2 Å². The fourth-order valence-corrected chi connectivity index (χ4v) is 3.46. The lowest BCUT2D eigenvalue weighted by Gasteiger charge is -2.36. The zero-order valence-corrected chi connectivity index (χ0v) is 17.0. The number of urea groups is 1. The number of imidazole rings is 1. The summed E-state index contributed by atoms with van der Waals surface area (Å²) < 4.78 is 14.7. The molecule has 0 saturated carbocycles. The first kappa shape index (κ1) is 21.2. The molecule has 2 amide bonds. The van der Waals surface area contributed by atoms with Crippen molar-refractivity contribution in [2.45, 2.75) is 24.9 Å². The third-order valence-electron chi connectivity index (χ3n) is 4.98. The molecule has 1 aromatic carbocycles. The van der Waals surface area contributed by atoms with E-state index in [1.54, 1.807) is 18.3 Å². The second-order valence-electron chi connectivity index (χ2n) is 6.69. The van der Waals surface area contributed by atoms with Gasteiger partial charge < -0.3 is 29.4 Å². The van der Waals surface area contributed by atoms with E-state index in [1.807, 2.05) is 24.3 Å². The number of hydrogen-bond acceptors (Lipinski definition) is 7. The van der Waals surface area contributed by atoms with Crippen molar-refractivity contribution in [3.8, 4) is 5.75 Å². The average molecular weight is 416 g/mol. The minimum Gasteiger partial charge on any atom is -0.497 e. The van der Waals surface area contributed by atoms with E-state index < -0.39 is 30.1 Å². The monoisotopic (exact) mass is 416 g/mol. The van der Waals surface area contributed by atoms with E-state index in [-0.39, 0.29) is 6.42 Å². The third kappa shape index (κ3) is 4.37. The fraction of sp³-hybridized carbons (Fsp3) is 0.400. The first-order chi connectivity index (χ1) is 14.5. The van der Waals surface area contributed by atoms with Crippen LogP contribution in [0, 0.1) is 0 Å². The second kappa shape index (κ2) is 9.29. The molecule has 10 nitrogen and oxygen atoms in total. The van der Waals surface area contributed by atoms with Crippen LogP contribution in [0.5, 0.6) is 5.75 Å². The Morgan fingerprint density at radius 3 is 2.77 bits per heavy atom. The molecule has 2 unspecified atom stereocenters. The Bertz CT molecular complexity index is 928. The lowest BCUT2D eigenvalue weighted by atomic mass is 9.95. The summed E-state index contributed by atoms with van der Waals surface area (Å²) >= 11 is 0. The number of aromatic nitrogens is 2. The van der Waals surface area contributed by atoms with Crippen molar-refractivity contribution >= 4 is 18.0 Å². The number of fused-ring (bicyclic) bond motifs is 1. The fourth-order valence-electron chi connectivity index (χ4n) is 3.46. The molecule has 1 aliphatic heterocycles. The van der Waals surface area contributed by atoms with Gasteiger partial charge in [0, 0.05) is 18.7 Å². The van der Waals surface area contributed by atoms with Crippen LogP contribution < -0.4 is 10.1 Å². The summed E-state index contributed by atoms with van der Waals surface area (Å²) in [4.78, 5) is 46.0. The molecular formula is C20H24N4O6. The van der Waals surface area contributed by atoms with Crippen LogP contribution in [0.4, 0.5) is 4.79 Å². The standard InChI is InChI=1S/C20H24N4O6/c1-28-13-6-4-5-12(9-13)18-17-14(21-11-22-17)7-8-24(18)20(27)23-15(19(26)30-3)10-16(25)29-2/h4-6,9,11,15,18H,7-8,10H2,1-3H3,(H,21,22)(H,23,27). The maximum absolute atomic E-state index is 13.2. The maximum Gasteiger partial charge on any atom is 0.329 e.